The van der Waals surface area contributed by atoms with Crippen LogP contribution in [0.2, 0.25) is 0 Å². The highest BCUT2D eigenvalue weighted by Gasteiger charge is 2.05. The third-order valence-electron chi connectivity index (χ3n) is 1.07. The van der Waals surface area contributed by atoms with Crippen molar-refractivity contribution >= 4 is 5.91 Å². The van der Waals surface area contributed by atoms with Crippen LogP contribution in [0, 0.1) is 10.1 Å². The van der Waals surface area contributed by atoms with Gasteiger partial charge >= 0.3 is 0 Å². The van der Waals surface area contributed by atoms with Crippen molar-refractivity contribution in [1.82, 2.24) is 0 Å². The van der Waals surface area contributed by atoms with Gasteiger partial charge in [0.25, 0.3) is 0 Å². The molecule has 0 aliphatic rings. The molecule has 2 N–H and O–H groups in total. The minimum atomic E-state index is -0.755. The van der Waals surface area contributed by atoms with Crippen molar-refractivity contribution in [3.05, 3.63) is 22.3 Å². The Balaban J connectivity index is 3.74. The van der Waals surface area contributed by atoms with E-state index in [2.05, 4.69) is 0 Å². The van der Waals surface area contributed by atoms with Gasteiger partial charge in [-0.25, -0.2) is 0 Å². The smallest absolute Gasteiger partial charge is 0.228 e. The van der Waals surface area contributed by atoms with Gasteiger partial charge in [-0.1, -0.05) is 6.08 Å². The number of hydrogen-bond donors (Lipinski definition) is 1. The summed E-state index contributed by atoms with van der Waals surface area (Å²) in [6.45, 7) is 1.43. The normalized spacial score (nSPS) is 13.2. The molecule has 5 heteroatoms. The molecule has 11 heavy (non-hydrogen) atoms. The van der Waals surface area contributed by atoms with E-state index in [9.17, 15) is 14.9 Å². The molecule has 0 saturated carbocycles. The average molecular weight is 158 g/mol. The third-order valence-corrected chi connectivity index (χ3v) is 1.07. The van der Waals surface area contributed by atoms with Gasteiger partial charge in [-0.2, -0.15) is 0 Å². The van der Waals surface area contributed by atoms with Gasteiger partial charge in [0.1, 0.15) is 0 Å². The predicted molar refractivity (Wildman–Crippen MR) is 39.4 cm³/mol. The Hall–Kier alpha value is -1.39. The molecule has 1 amide bonds. The summed E-state index contributed by atoms with van der Waals surface area (Å²) in [5.41, 5.74) is 4.79. The van der Waals surface area contributed by atoms with Crippen LogP contribution >= 0.6 is 0 Å². The molecule has 0 aliphatic carbocycles. The van der Waals surface area contributed by atoms with Gasteiger partial charge in [0.2, 0.25) is 11.9 Å². The van der Waals surface area contributed by atoms with Crippen molar-refractivity contribution in [3.63, 3.8) is 0 Å². The molecule has 62 valence electrons. The van der Waals surface area contributed by atoms with E-state index in [4.69, 9.17) is 5.73 Å². The van der Waals surface area contributed by atoms with E-state index in [1.807, 2.05) is 0 Å². The molecular weight excluding hydrogens is 148 g/mol. The third kappa shape index (κ3) is 5.07. The van der Waals surface area contributed by atoms with E-state index in [0.717, 1.165) is 0 Å². The van der Waals surface area contributed by atoms with Crippen molar-refractivity contribution in [2.24, 2.45) is 5.73 Å². The van der Waals surface area contributed by atoms with E-state index in [1.54, 1.807) is 0 Å². The molecule has 1 atom stereocenters. The van der Waals surface area contributed by atoms with Crippen molar-refractivity contribution in [1.29, 1.82) is 0 Å². The summed E-state index contributed by atoms with van der Waals surface area (Å²) in [6, 6.07) is -0.755. The molecular formula is C6H10N2O3. The number of nitro groups is 1. The minimum Gasteiger partial charge on any atom is -0.369 e. The topological polar surface area (TPSA) is 86.2 Å². The first-order valence-corrected chi connectivity index (χ1v) is 3.12. The van der Waals surface area contributed by atoms with Crippen LogP contribution < -0.4 is 5.73 Å². The number of nitrogens with zero attached hydrogens (tertiary/aromatic N) is 1. The van der Waals surface area contributed by atoms with E-state index in [-0.39, 0.29) is 6.42 Å². The number of hydrogen-bond acceptors (Lipinski definition) is 3. The number of nitrogens with two attached hydrogens (primary N) is 1. The van der Waals surface area contributed by atoms with Crippen molar-refractivity contribution in [2.45, 2.75) is 19.4 Å². The summed E-state index contributed by atoms with van der Waals surface area (Å²) in [5.74, 6) is -0.489. The number of carbonyl (C=O) groups excluding carboxylic acids is 1. The zero-order chi connectivity index (χ0) is 8.85. The van der Waals surface area contributed by atoms with Gasteiger partial charge in [0.05, 0.1) is 0 Å². The van der Waals surface area contributed by atoms with Crippen LogP contribution in [0.4, 0.5) is 0 Å². The van der Waals surface area contributed by atoms with Gasteiger partial charge in [0, 0.05) is 18.3 Å². The molecule has 0 spiro atoms. The minimum absolute atomic E-state index is 0.0537. The second-order valence-electron chi connectivity index (χ2n) is 2.12. The fourth-order valence-corrected chi connectivity index (χ4v) is 0.451. The SMILES string of the molecule is CC(C=CCC(N)=O)[N+](=O)[O-]. The molecule has 0 rings (SSSR count). The summed E-state index contributed by atoms with van der Waals surface area (Å²) >= 11 is 0. The Morgan fingerprint density at radius 2 is 2.36 bits per heavy atom. The van der Waals surface area contributed by atoms with Crippen molar-refractivity contribution in [3.8, 4) is 0 Å². The summed E-state index contributed by atoms with van der Waals surface area (Å²) in [5, 5.41) is 10.0. The maximum Gasteiger partial charge on any atom is 0.228 e. The monoisotopic (exact) mass is 158 g/mol. The van der Waals surface area contributed by atoms with Gasteiger partial charge in [-0.3, -0.25) is 14.9 Å². The quantitative estimate of drug-likeness (QED) is 0.357. The van der Waals surface area contributed by atoms with E-state index >= 15 is 0 Å². The van der Waals surface area contributed by atoms with Crippen LogP contribution in [0.1, 0.15) is 13.3 Å². The Morgan fingerprint density at radius 3 is 2.73 bits per heavy atom. The number of rotatable bonds is 4. The first-order valence-electron chi connectivity index (χ1n) is 3.12. The highest BCUT2D eigenvalue weighted by molar-refractivity contribution is 5.75. The molecule has 5 nitrogen and oxygen atoms in total. The molecule has 0 radical (unpaired) electrons. The zero-order valence-corrected chi connectivity index (χ0v) is 6.19. The highest BCUT2D eigenvalue weighted by Crippen LogP contribution is 1.91. The lowest BCUT2D eigenvalue weighted by Gasteiger charge is -1.93. The lowest BCUT2D eigenvalue weighted by atomic mass is 10.3. The fourth-order valence-electron chi connectivity index (χ4n) is 0.451. The standard InChI is InChI=1S/C6H10N2O3/c1-5(8(10)11)3-2-4-6(7)9/h2-3,5H,4H2,1H3,(H2,7,9). The Bertz CT molecular complexity index is 188. The first kappa shape index (κ1) is 9.61. The molecule has 0 saturated heterocycles. The first-order chi connectivity index (χ1) is 5.04. The fraction of sp³-hybridized carbons (Fsp3) is 0.500. The van der Waals surface area contributed by atoms with Gasteiger partial charge in [-0.15, -0.1) is 0 Å². The van der Waals surface area contributed by atoms with Crippen LogP contribution in [-0.2, 0) is 4.79 Å². The predicted octanol–water partition coefficient (Wildman–Crippen LogP) is 0.0832. The summed E-state index contributed by atoms with van der Waals surface area (Å²) in [4.78, 5) is 19.7. The summed E-state index contributed by atoms with van der Waals surface area (Å²) in [7, 11) is 0. The van der Waals surface area contributed by atoms with Crippen LogP contribution in [0.5, 0.6) is 0 Å². The van der Waals surface area contributed by atoms with Crippen LogP contribution in [-0.4, -0.2) is 16.9 Å². The molecule has 1 unspecified atom stereocenters. The second kappa shape index (κ2) is 4.43. The molecule has 0 aromatic rings. The maximum atomic E-state index is 10.2. The van der Waals surface area contributed by atoms with Gasteiger partial charge < -0.3 is 5.73 Å². The number of carbonyl (C=O) groups is 1. The lowest BCUT2D eigenvalue weighted by Crippen LogP contribution is -2.12. The number of primary amides is 1. The molecule has 0 aliphatic heterocycles. The van der Waals surface area contributed by atoms with Gasteiger partial charge in [-0.05, 0) is 6.08 Å². The van der Waals surface area contributed by atoms with Crippen molar-refractivity contribution in [2.75, 3.05) is 0 Å². The molecule has 0 fully saturated rings. The second-order valence-corrected chi connectivity index (χ2v) is 2.12. The van der Waals surface area contributed by atoms with Crippen LogP contribution in [0.25, 0.3) is 0 Å². The Morgan fingerprint density at radius 1 is 1.82 bits per heavy atom. The summed E-state index contributed by atoms with van der Waals surface area (Å²) in [6.07, 6.45) is 2.79. The highest BCUT2D eigenvalue weighted by atomic mass is 16.6. The molecule has 0 aromatic heterocycles. The van der Waals surface area contributed by atoms with E-state index < -0.39 is 16.9 Å². The van der Waals surface area contributed by atoms with Gasteiger partial charge in [0.15, 0.2) is 0 Å². The molecule has 0 aromatic carbocycles. The largest absolute Gasteiger partial charge is 0.369 e. The van der Waals surface area contributed by atoms with Crippen LogP contribution in [0.15, 0.2) is 12.2 Å². The van der Waals surface area contributed by atoms with Crippen molar-refractivity contribution < 1.29 is 9.72 Å². The van der Waals surface area contributed by atoms with E-state index in [0.29, 0.717) is 0 Å². The average Bonchev–Trinajstić information content (AvgIpc) is 1.86. The van der Waals surface area contributed by atoms with E-state index in [1.165, 1.54) is 19.1 Å². The Kier molecular flexibility index (Phi) is 3.87. The molecule has 0 bridgehead atoms. The molecule has 0 heterocycles. The van der Waals surface area contributed by atoms with Crippen LogP contribution in [0.3, 0.4) is 0 Å². The lowest BCUT2D eigenvalue weighted by molar-refractivity contribution is -0.504. The zero-order valence-electron chi connectivity index (χ0n) is 6.19. The Labute approximate surface area is 64.0 Å². The maximum absolute atomic E-state index is 10.2. The summed E-state index contributed by atoms with van der Waals surface area (Å²) < 4.78 is 0. The number of amides is 1.